The number of azo groups is 1. The van der Waals surface area contributed by atoms with Crippen molar-refractivity contribution in [3.8, 4) is 0 Å². The zero-order chi connectivity index (χ0) is 20.8. The van der Waals surface area contributed by atoms with Crippen molar-refractivity contribution in [2.45, 2.75) is 47.1 Å². The van der Waals surface area contributed by atoms with Gasteiger partial charge in [0.1, 0.15) is 5.52 Å². The minimum atomic E-state index is 0.146. The second-order valence-electron chi connectivity index (χ2n) is 7.14. The van der Waals surface area contributed by atoms with Crippen molar-refractivity contribution in [2.75, 3.05) is 18.1 Å². The quantitative estimate of drug-likeness (QED) is 0.491. The van der Waals surface area contributed by atoms with Crippen LogP contribution in [0.25, 0.3) is 11.1 Å². The summed E-state index contributed by atoms with van der Waals surface area (Å²) in [6.45, 7) is 14.7. The standard InChI is InChI=1S/C21H31N7/c1-8-14(4)16(6)18(26-25-13(2)3)10-9-15(5)17-11-12-28-19(17)20(23-7)24-21(22)27-28/h9-14H,5,8H2,1-4,6-7H3,(H3,22,23,24,27)/b10-9-,18-16+,26-25?. The number of nitrogens with zero attached hydrogens (tertiary/aromatic N) is 5. The van der Waals surface area contributed by atoms with Crippen LogP contribution in [0, 0.1) is 5.92 Å². The lowest BCUT2D eigenvalue weighted by Gasteiger charge is -2.11. The van der Waals surface area contributed by atoms with Crippen molar-refractivity contribution in [2.24, 2.45) is 16.1 Å². The molecule has 2 aromatic rings. The molecule has 7 heteroatoms. The summed E-state index contributed by atoms with van der Waals surface area (Å²) in [7, 11) is 1.81. The van der Waals surface area contributed by atoms with Crippen molar-refractivity contribution in [1.29, 1.82) is 0 Å². The monoisotopic (exact) mass is 381 g/mol. The number of anilines is 2. The summed E-state index contributed by atoms with van der Waals surface area (Å²) in [4.78, 5) is 4.27. The Labute approximate surface area is 167 Å². The fourth-order valence-electron chi connectivity index (χ4n) is 2.72. The molecule has 1 atom stereocenters. The van der Waals surface area contributed by atoms with Crippen LogP contribution in [0.3, 0.4) is 0 Å². The van der Waals surface area contributed by atoms with E-state index in [1.165, 1.54) is 5.57 Å². The number of hydrogen-bond acceptors (Lipinski definition) is 6. The van der Waals surface area contributed by atoms with Gasteiger partial charge in [0.2, 0.25) is 5.95 Å². The highest BCUT2D eigenvalue weighted by Crippen LogP contribution is 2.27. The highest BCUT2D eigenvalue weighted by molar-refractivity contribution is 5.88. The molecule has 0 amide bonds. The van der Waals surface area contributed by atoms with Gasteiger partial charge in [0.15, 0.2) is 5.82 Å². The van der Waals surface area contributed by atoms with E-state index >= 15 is 0 Å². The van der Waals surface area contributed by atoms with Gasteiger partial charge in [-0.3, -0.25) is 0 Å². The van der Waals surface area contributed by atoms with Crippen molar-refractivity contribution in [1.82, 2.24) is 14.6 Å². The van der Waals surface area contributed by atoms with Gasteiger partial charge in [-0.2, -0.15) is 15.2 Å². The average molecular weight is 382 g/mol. The molecule has 0 saturated heterocycles. The largest absolute Gasteiger partial charge is 0.371 e. The summed E-state index contributed by atoms with van der Waals surface area (Å²) >= 11 is 0. The smallest absolute Gasteiger partial charge is 0.240 e. The van der Waals surface area contributed by atoms with E-state index in [4.69, 9.17) is 5.73 Å². The molecule has 3 N–H and O–H groups in total. The Morgan fingerprint density at radius 2 is 2.07 bits per heavy atom. The third-order valence-corrected chi connectivity index (χ3v) is 4.70. The van der Waals surface area contributed by atoms with Crippen LogP contribution in [0.1, 0.15) is 46.6 Å². The number of rotatable bonds is 8. The van der Waals surface area contributed by atoms with Crippen LogP contribution in [-0.2, 0) is 0 Å². The fourth-order valence-corrected chi connectivity index (χ4v) is 2.72. The van der Waals surface area contributed by atoms with Gasteiger partial charge in [-0.25, -0.2) is 4.52 Å². The number of nitrogens with one attached hydrogen (secondary N) is 1. The third-order valence-electron chi connectivity index (χ3n) is 4.70. The van der Waals surface area contributed by atoms with Crippen LogP contribution < -0.4 is 11.1 Å². The molecular formula is C21H31N7. The molecular weight excluding hydrogens is 350 g/mol. The van der Waals surface area contributed by atoms with E-state index in [-0.39, 0.29) is 12.0 Å². The molecule has 0 spiro atoms. The van der Waals surface area contributed by atoms with Crippen molar-refractivity contribution in [3.05, 3.63) is 47.8 Å². The molecule has 7 nitrogen and oxygen atoms in total. The first kappa shape index (κ1) is 21.3. The lowest BCUT2D eigenvalue weighted by molar-refractivity contribution is 0.645. The molecule has 0 aromatic carbocycles. The van der Waals surface area contributed by atoms with Crippen LogP contribution in [0.15, 0.2) is 52.5 Å². The summed E-state index contributed by atoms with van der Waals surface area (Å²) in [6.07, 6.45) is 6.85. The van der Waals surface area contributed by atoms with Gasteiger partial charge in [-0.1, -0.05) is 26.5 Å². The molecule has 28 heavy (non-hydrogen) atoms. The Morgan fingerprint density at radius 1 is 1.36 bits per heavy atom. The first-order valence-corrected chi connectivity index (χ1v) is 9.60. The highest BCUT2D eigenvalue weighted by atomic mass is 15.3. The number of nitrogen functional groups attached to an aromatic ring is 1. The first-order chi connectivity index (χ1) is 13.3. The van der Waals surface area contributed by atoms with Crippen LogP contribution >= 0.6 is 0 Å². The molecule has 2 heterocycles. The van der Waals surface area contributed by atoms with E-state index in [1.54, 1.807) is 11.6 Å². The van der Waals surface area contributed by atoms with Gasteiger partial charge in [-0.05, 0) is 56.4 Å². The molecule has 1 unspecified atom stereocenters. The molecule has 150 valence electrons. The maximum atomic E-state index is 5.77. The third kappa shape index (κ3) is 4.85. The van der Waals surface area contributed by atoms with E-state index < -0.39 is 0 Å². The number of nitrogens with two attached hydrogens (primary N) is 1. The van der Waals surface area contributed by atoms with Gasteiger partial charge in [0.25, 0.3) is 0 Å². The second-order valence-corrected chi connectivity index (χ2v) is 7.14. The van der Waals surface area contributed by atoms with E-state index in [9.17, 15) is 0 Å². The minimum Gasteiger partial charge on any atom is -0.371 e. The van der Waals surface area contributed by atoms with Gasteiger partial charge < -0.3 is 11.1 Å². The normalized spacial score (nSPS) is 14.2. The van der Waals surface area contributed by atoms with Crippen LogP contribution in [0.4, 0.5) is 11.8 Å². The summed E-state index contributed by atoms with van der Waals surface area (Å²) in [6, 6.07) is 2.10. The van der Waals surface area contributed by atoms with Gasteiger partial charge in [-0.15, -0.1) is 5.10 Å². The topological polar surface area (TPSA) is 93.0 Å². The van der Waals surface area contributed by atoms with Crippen molar-refractivity contribution >= 4 is 22.9 Å². The Balaban J connectivity index is 2.43. The lowest BCUT2D eigenvalue weighted by Crippen LogP contribution is -2.05. The van der Waals surface area contributed by atoms with Crippen LogP contribution in [-0.4, -0.2) is 27.7 Å². The second kappa shape index (κ2) is 9.30. The molecule has 0 aliphatic heterocycles. The Bertz CT molecular complexity index is 932. The van der Waals surface area contributed by atoms with Crippen molar-refractivity contribution < 1.29 is 0 Å². The van der Waals surface area contributed by atoms with E-state index in [1.807, 2.05) is 38.3 Å². The Hall–Kier alpha value is -2.96. The molecule has 0 radical (unpaired) electrons. The fraction of sp³-hybridized carbons (Fsp3) is 0.429. The maximum Gasteiger partial charge on any atom is 0.240 e. The number of hydrogen-bond donors (Lipinski definition) is 2. The predicted octanol–water partition coefficient (Wildman–Crippen LogP) is 5.10. The summed E-state index contributed by atoms with van der Waals surface area (Å²) in [5, 5.41) is 16.1. The first-order valence-electron chi connectivity index (χ1n) is 9.60. The number of allylic oxidation sites excluding steroid dienone is 4. The molecule has 0 bridgehead atoms. The Kier molecular flexibility index (Phi) is 7.09. The predicted molar refractivity (Wildman–Crippen MR) is 117 cm³/mol. The zero-order valence-electron chi connectivity index (χ0n) is 17.7. The molecule has 2 aromatic heterocycles. The Morgan fingerprint density at radius 3 is 2.68 bits per heavy atom. The highest BCUT2D eigenvalue weighted by Gasteiger charge is 2.12. The van der Waals surface area contributed by atoms with Gasteiger partial charge >= 0.3 is 0 Å². The maximum absolute atomic E-state index is 5.77. The molecule has 0 fully saturated rings. The minimum absolute atomic E-state index is 0.146. The van der Waals surface area contributed by atoms with Crippen LogP contribution in [0.2, 0.25) is 0 Å². The molecule has 0 saturated carbocycles. The van der Waals surface area contributed by atoms with E-state index in [2.05, 4.69) is 53.0 Å². The molecule has 0 aliphatic carbocycles. The SMILES string of the molecule is C=C(/C=C\C(N=NC(C)C)=C(\C)C(C)CC)c1ccn2nc(N)nc(NC)c12. The van der Waals surface area contributed by atoms with Crippen LogP contribution in [0.5, 0.6) is 0 Å². The lowest BCUT2D eigenvalue weighted by atomic mass is 9.97. The number of fused-ring (bicyclic) bond motifs is 1. The van der Waals surface area contributed by atoms with Crippen molar-refractivity contribution in [3.63, 3.8) is 0 Å². The summed E-state index contributed by atoms with van der Waals surface area (Å²) < 4.78 is 1.71. The summed E-state index contributed by atoms with van der Waals surface area (Å²) in [5.41, 5.74) is 10.5. The zero-order valence-corrected chi connectivity index (χ0v) is 17.7. The van der Waals surface area contributed by atoms with Gasteiger partial charge in [0.05, 0.1) is 11.7 Å². The molecule has 0 aliphatic rings. The summed E-state index contributed by atoms with van der Waals surface area (Å²) in [5.74, 6) is 1.30. The van der Waals surface area contributed by atoms with E-state index in [0.29, 0.717) is 11.7 Å². The average Bonchev–Trinajstić information content (AvgIpc) is 3.09. The van der Waals surface area contributed by atoms with E-state index in [0.717, 1.165) is 28.8 Å². The number of aromatic nitrogens is 3. The van der Waals surface area contributed by atoms with Gasteiger partial charge in [0, 0.05) is 18.8 Å². The molecule has 2 rings (SSSR count).